The van der Waals surface area contributed by atoms with E-state index < -0.39 is 0 Å². The maximum atomic E-state index is 11.5. The standard InChI is InChI=1S/C12H18N2O2S/c1-7-5-9(7)6-14(3)12-13-8(2)10(17-12)11(15)16-4/h7,9H,5-6H2,1-4H3. The van der Waals surface area contributed by atoms with Crippen molar-refractivity contribution in [1.82, 2.24) is 4.98 Å². The van der Waals surface area contributed by atoms with Crippen molar-refractivity contribution in [3.05, 3.63) is 10.6 Å². The van der Waals surface area contributed by atoms with Gasteiger partial charge in [-0.15, -0.1) is 0 Å². The van der Waals surface area contributed by atoms with Gasteiger partial charge in [0, 0.05) is 13.6 Å². The van der Waals surface area contributed by atoms with Crippen LogP contribution in [0.5, 0.6) is 0 Å². The second-order valence-electron chi connectivity index (χ2n) is 4.76. The summed E-state index contributed by atoms with van der Waals surface area (Å²) in [5.41, 5.74) is 0.757. The summed E-state index contributed by atoms with van der Waals surface area (Å²) in [5.74, 6) is 1.32. The molecule has 1 fully saturated rings. The van der Waals surface area contributed by atoms with Crippen LogP contribution in [-0.4, -0.2) is 31.7 Å². The zero-order valence-corrected chi connectivity index (χ0v) is 11.5. The Balaban J connectivity index is 2.08. The predicted molar refractivity (Wildman–Crippen MR) is 68.7 cm³/mol. The van der Waals surface area contributed by atoms with Gasteiger partial charge in [0.15, 0.2) is 5.13 Å². The number of aryl methyl sites for hydroxylation is 1. The van der Waals surface area contributed by atoms with Gasteiger partial charge in [-0.3, -0.25) is 0 Å². The van der Waals surface area contributed by atoms with Gasteiger partial charge in [0.2, 0.25) is 0 Å². The first-order valence-electron chi connectivity index (χ1n) is 5.79. The molecule has 0 amide bonds. The number of carbonyl (C=O) groups excluding carboxylic acids is 1. The third-order valence-electron chi connectivity index (χ3n) is 3.27. The van der Waals surface area contributed by atoms with E-state index in [-0.39, 0.29) is 5.97 Å². The number of hydrogen-bond acceptors (Lipinski definition) is 5. The Morgan fingerprint density at radius 3 is 2.82 bits per heavy atom. The Morgan fingerprint density at radius 1 is 1.65 bits per heavy atom. The molecule has 1 aromatic rings. The molecule has 5 heteroatoms. The smallest absolute Gasteiger partial charge is 0.350 e. The van der Waals surface area contributed by atoms with Crippen LogP contribution < -0.4 is 4.90 Å². The van der Waals surface area contributed by atoms with Crippen LogP contribution in [0.4, 0.5) is 5.13 Å². The summed E-state index contributed by atoms with van der Waals surface area (Å²) in [6.45, 7) is 5.14. The van der Waals surface area contributed by atoms with Crippen LogP contribution in [0, 0.1) is 18.8 Å². The van der Waals surface area contributed by atoms with Gasteiger partial charge in [-0.2, -0.15) is 0 Å². The number of nitrogens with zero attached hydrogens (tertiary/aromatic N) is 2. The zero-order chi connectivity index (χ0) is 12.6. The highest BCUT2D eigenvalue weighted by Gasteiger charge is 2.34. The first-order valence-corrected chi connectivity index (χ1v) is 6.61. The molecule has 2 unspecified atom stereocenters. The van der Waals surface area contributed by atoms with Gasteiger partial charge >= 0.3 is 5.97 Å². The van der Waals surface area contributed by atoms with Crippen LogP contribution in [-0.2, 0) is 4.74 Å². The summed E-state index contributed by atoms with van der Waals surface area (Å²) in [4.78, 5) is 18.7. The molecule has 1 saturated carbocycles. The number of ether oxygens (including phenoxy) is 1. The molecule has 17 heavy (non-hydrogen) atoms. The molecule has 4 nitrogen and oxygen atoms in total. The lowest BCUT2D eigenvalue weighted by atomic mass is 10.3. The number of aromatic nitrogens is 1. The maximum Gasteiger partial charge on any atom is 0.350 e. The summed E-state index contributed by atoms with van der Waals surface area (Å²) in [6.07, 6.45) is 1.30. The number of esters is 1. The summed E-state index contributed by atoms with van der Waals surface area (Å²) < 4.78 is 4.73. The van der Waals surface area contributed by atoms with Crippen LogP contribution in [0.1, 0.15) is 28.7 Å². The highest BCUT2D eigenvalue weighted by molar-refractivity contribution is 7.17. The SMILES string of the molecule is COC(=O)c1sc(N(C)CC2CC2C)nc1C. The quantitative estimate of drug-likeness (QED) is 0.773. The van der Waals surface area contributed by atoms with Gasteiger partial charge in [-0.1, -0.05) is 18.3 Å². The monoisotopic (exact) mass is 254 g/mol. The van der Waals surface area contributed by atoms with Gasteiger partial charge in [0.25, 0.3) is 0 Å². The van der Waals surface area contributed by atoms with Crippen LogP contribution in [0.2, 0.25) is 0 Å². The highest BCUT2D eigenvalue weighted by atomic mass is 32.1. The topological polar surface area (TPSA) is 42.4 Å². The van der Waals surface area contributed by atoms with Gasteiger partial charge < -0.3 is 9.64 Å². The van der Waals surface area contributed by atoms with E-state index in [9.17, 15) is 4.79 Å². The maximum absolute atomic E-state index is 11.5. The summed E-state index contributed by atoms with van der Waals surface area (Å²) in [6, 6.07) is 0. The van der Waals surface area contributed by atoms with E-state index in [1.807, 2.05) is 14.0 Å². The minimum absolute atomic E-state index is 0.292. The van der Waals surface area contributed by atoms with E-state index in [0.29, 0.717) is 4.88 Å². The lowest BCUT2D eigenvalue weighted by Crippen LogP contribution is -2.20. The Hall–Kier alpha value is -1.10. The molecule has 0 saturated heterocycles. The van der Waals surface area contributed by atoms with Crippen molar-refractivity contribution in [3.8, 4) is 0 Å². The van der Waals surface area contributed by atoms with Crippen molar-refractivity contribution in [1.29, 1.82) is 0 Å². The minimum Gasteiger partial charge on any atom is -0.465 e. The van der Waals surface area contributed by atoms with Crippen molar-refractivity contribution >= 4 is 22.4 Å². The van der Waals surface area contributed by atoms with E-state index in [1.54, 1.807) is 0 Å². The second-order valence-corrected chi connectivity index (χ2v) is 5.73. The van der Waals surface area contributed by atoms with Gasteiger partial charge in [0.05, 0.1) is 12.8 Å². The fourth-order valence-electron chi connectivity index (χ4n) is 1.91. The normalized spacial score (nSPS) is 22.4. The molecule has 0 N–H and O–H groups in total. The fourth-order valence-corrected chi connectivity index (χ4v) is 2.87. The van der Waals surface area contributed by atoms with E-state index in [2.05, 4.69) is 16.8 Å². The summed E-state index contributed by atoms with van der Waals surface area (Å²) in [5, 5.41) is 0.905. The zero-order valence-electron chi connectivity index (χ0n) is 10.7. The Morgan fingerprint density at radius 2 is 2.29 bits per heavy atom. The molecule has 0 radical (unpaired) electrons. The lowest BCUT2D eigenvalue weighted by Gasteiger charge is -2.14. The van der Waals surface area contributed by atoms with Crippen LogP contribution in [0.3, 0.4) is 0 Å². The number of methoxy groups -OCH3 is 1. The molecule has 1 heterocycles. The Kier molecular flexibility index (Phi) is 3.38. The molecule has 0 spiro atoms. The average molecular weight is 254 g/mol. The number of hydrogen-bond donors (Lipinski definition) is 0. The molecule has 0 bridgehead atoms. The molecule has 2 atom stereocenters. The van der Waals surface area contributed by atoms with Gasteiger partial charge in [-0.05, 0) is 25.2 Å². The molecule has 1 aromatic heterocycles. The lowest BCUT2D eigenvalue weighted by molar-refractivity contribution is 0.0605. The molecular weight excluding hydrogens is 236 g/mol. The molecule has 0 aliphatic heterocycles. The summed E-state index contributed by atoms with van der Waals surface area (Å²) in [7, 11) is 3.43. The highest BCUT2D eigenvalue weighted by Crippen LogP contribution is 2.39. The summed E-state index contributed by atoms with van der Waals surface area (Å²) >= 11 is 1.41. The molecule has 2 rings (SSSR count). The second kappa shape index (κ2) is 4.64. The Bertz CT molecular complexity index is 430. The number of anilines is 1. The average Bonchev–Trinajstić information content (AvgIpc) is 2.83. The van der Waals surface area contributed by atoms with E-state index in [1.165, 1.54) is 24.9 Å². The molecule has 94 valence electrons. The number of thiazole rings is 1. The number of rotatable bonds is 4. The van der Waals surface area contributed by atoms with E-state index >= 15 is 0 Å². The van der Waals surface area contributed by atoms with Gasteiger partial charge in [-0.25, -0.2) is 9.78 Å². The van der Waals surface area contributed by atoms with Crippen LogP contribution >= 0.6 is 11.3 Å². The molecule has 1 aliphatic carbocycles. The van der Waals surface area contributed by atoms with E-state index in [0.717, 1.165) is 29.2 Å². The Labute approximate surface area is 106 Å². The number of carbonyl (C=O) groups is 1. The van der Waals surface area contributed by atoms with Crippen molar-refractivity contribution in [2.24, 2.45) is 11.8 Å². The third kappa shape index (κ3) is 2.60. The van der Waals surface area contributed by atoms with Crippen LogP contribution in [0.15, 0.2) is 0 Å². The largest absolute Gasteiger partial charge is 0.465 e. The third-order valence-corrected chi connectivity index (χ3v) is 4.52. The predicted octanol–water partition coefficient (Wildman–Crippen LogP) is 2.33. The fraction of sp³-hybridized carbons (Fsp3) is 0.667. The molecule has 1 aliphatic rings. The molecular formula is C12H18N2O2S. The van der Waals surface area contributed by atoms with Crippen molar-refractivity contribution in [2.45, 2.75) is 20.3 Å². The minimum atomic E-state index is -0.292. The van der Waals surface area contributed by atoms with Crippen molar-refractivity contribution in [3.63, 3.8) is 0 Å². The first kappa shape index (κ1) is 12.4. The van der Waals surface area contributed by atoms with Crippen molar-refractivity contribution in [2.75, 3.05) is 25.6 Å². The molecule has 0 aromatic carbocycles. The van der Waals surface area contributed by atoms with Crippen LogP contribution in [0.25, 0.3) is 0 Å². The first-order chi connectivity index (χ1) is 8.02. The van der Waals surface area contributed by atoms with E-state index in [4.69, 9.17) is 4.74 Å². The van der Waals surface area contributed by atoms with Gasteiger partial charge in [0.1, 0.15) is 4.88 Å². The van der Waals surface area contributed by atoms with Crippen molar-refractivity contribution < 1.29 is 9.53 Å².